The van der Waals surface area contributed by atoms with Gasteiger partial charge in [-0.1, -0.05) is 0 Å². The third kappa shape index (κ3) is 4.20. The van der Waals surface area contributed by atoms with Gasteiger partial charge in [0.25, 0.3) is 0 Å². The number of nitrogens with one attached hydrogen (secondary N) is 2. The van der Waals surface area contributed by atoms with Crippen molar-refractivity contribution < 1.29 is 17.6 Å². The van der Waals surface area contributed by atoms with Crippen LogP contribution in [0.4, 0.5) is 9.18 Å². The van der Waals surface area contributed by atoms with E-state index in [1.807, 2.05) is 0 Å². The molecule has 0 atom stereocenters. The molecule has 1 aromatic carbocycles. The average Bonchev–Trinajstić information content (AvgIpc) is 2.35. The van der Waals surface area contributed by atoms with Gasteiger partial charge in [0.05, 0.1) is 10.5 Å². The van der Waals surface area contributed by atoms with Crippen LogP contribution in [-0.2, 0) is 10.0 Å². The lowest BCUT2D eigenvalue weighted by atomic mass is 10.2. The van der Waals surface area contributed by atoms with E-state index in [4.69, 9.17) is 11.0 Å². The second-order valence-corrected chi connectivity index (χ2v) is 5.21. The first-order valence-electron chi connectivity index (χ1n) is 5.09. The second kappa shape index (κ2) is 6.12. The molecule has 0 bridgehead atoms. The van der Waals surface area contributed by atoms with Crippen LogP contribution in [0.5, 0.6) is 0 Å². The zero-order chi connectivity index (χ0) is 14.5. The molecule has 1 aromatic rings. The molecule has 0 aromatic heterocycles. The average molecular weight is 286 g/mol. The van der Waals surface area contributed by atoms with Gasteiger partial charge in [-0.05, 0) is 18.2 Å². The van der Waals surface area contributed by atoms with E-state index in [1.165, 1.54) is 0 Å². The molecule has 0 heterocycles. The Labute approximate surface area is 109 Å². The summed E-state index contributed by atoms with van der Waals surface area (Å²) in [6.07, 6.45) is 0. The highest BCUT2D eigenvalue weighted by molar-refractivity contribution is 7.89. The van der Waals surface area contributed by atoms with Crippen molar-refractivity contribution in [1.82, 2.24) is 10.0 Å². The molecule has 1 rings (SSSR count). The third-order valence-corrected chi connectivity index (χ3v) is 3.54. The first-order valence-corrected chi connectivity index (χ1v) is 6.58. The molecule has 0 aliphatic heterocycles. The lowest BCUT2D eigenvalue weighted by molar-refractivity contribution is 0.249. The minimum Gasteiger partial charge on any atom is -0.352 e. The van der Waals surface area contributed by atoms with Crippen molar-refractivity contribution in [3.8, 4) is 6.07 Å². The van der Waals surface area contributed by atoms with Crippen molar-refractivity contribution in [2.45, 2.75) is 4.90 Å². The number of halogens is 1. The smallest absolute Gasteiger partial charge is 0.312 e. The van der Waals surface area contributed by atoms with Crippen LogP contribution in [0.3, 0.4) is 0 Å². The van der Waals surface area contributed by atoms with Gasteiger partial charge in [-0.25, -0.2) is 22.3 Å². The van der Waals surface area contributed by atoms with E-state index in [0.717, 1.165) is 18.2 Å². The highest BCUT2D eigenvalue weighted by atomic mass is 32.2. The molecule has 0 fully saturated rings. The molecule has 4 N–H and O–H groups in total. The molecule has 0 saturated carbocycles. The number of nitrogens with two attached hydrogens (primary N) is 1. The van der Waals surface area contributed by atoms with Gasteiger partial charge in [-0.15, -0.1) is 0 Å². The fourth-order valence-corrected chi connectivity index (χ4v) is 2.27. The van der Waals surface area contributed by atoms with E-state index in [9.17, 15) is 17.6 Å². The number of nitrogens with zero attached hydrogens (tertiary/aromatic N) is 1. The van der Waals surface area contributed by atoms with Crippen molar-refractivity contribution in [2.24, 2.45) is 5.73 Å². The summed E-state index contributed by atoms with van der Waals surface area (Å²) in [5.74, 6) is -0.795. The van der Waals surface area contributed by atoms with Crippen LogP contribution in [0.2, 0.25) is 0 Å². The minimum absolute atomic E-state index is 0.0147. The van der Waals surface area contributed by atoms with Gasteiger partial charge < -0.3 is 11.1 Å². The number of rotatable bonds is 5. The molecule has 9 heteroatoms. The van der Waals surface area contributed by atoms with Gasteiger partial charge in [0, 0.05) is 13.1 Å². The van der Waals surface area contributed by atoms with Crippen LogP contribution >= 0.6 is 0 Å². The van der Waals surface area contributed by atoms with E-state index >= 15 is 0 Å². The Balaban J connectivity index is 2.78. The van der Waals surface area contributed by atoms with Crippen LogP contribution < -0.4 is 15.8 Å². The number of carbonyl (C=O) groups is 1. The molecule has 102 valence electrons. The summed E-state index contributed by atoms with van der Waals surface area (Å²) in [5.41, 5.74) is 4.44. The highest BCUT2D eigenvalue weighted by Crippen LogP contribution is 2.13. The van der Waals surface area contributed by atoms with Gasteiger partial charge >= 0.3 is 6.03 Å². The van der Waals surface area contributed by atoms with Crippen LogP contribution in [0.15, 0.2) is 23.1 Å². The molecule has 0 aliphatic carbocycles. The van der Waals surface area contributed by atoms with Crippen molar-refractivity contribution in [1.29, 1.82) is 5.26 Å². The van der Waals surface area contributed by atoms with Crippen LogP contribution in [-0.4, -0.2) is 27.5 Å². The maximum absolute atomic E-state index is 13.1. The maximum Gasteiger partial charge on any atom is 0.312 e. The Hall–Kier alpha value is -2.18. The fraction of sp³-hybridized carbons (Fsp3) is 0.200. The molecule has 0 radical (unpaired) electrons. The van der Waals surface area contributed by atoms with Gasteiger partial charge in [0.15, 0.2) is 0 Å². The SMILES string of the molecule is N#Cc1cc(S(=O)(=O)NCCNC(N)=O)ccc1F. The van der Waals surface area contributed by atoms with Gasteiger partial charge in [0.2, 0.25) is 10.0 Å². The maximum atomic E-state index is 13.1. The predicted octanol–water partition coefficient (Wildman–Crippen LogP) is -0.356. The standard InChI is InChI=1S/C10H11FN4O3S/c11-9-2-1-8(5-7(9)6-12)19(17,18)15-4-3-14-10(13)16/h1-2,5,15H,3-4H2,(H3,13,14,16). The van der Waals surface area contributed by atoms with E-state index in [1.54, 1.807) is 6.07 Å². The number of hydrogen-bond acceptors (Lipinski definition) is 4. The Bertz CT molecular complexity index is 624. The number of hydrogen-bond donors (Lipinski definition) is 3. The summed E-state index contributed by atoms with van der Waals surface area (Å²) < 4.78 is 38.8. The quantitative estimate of drug-likeness (QED) is 0.639. The zero-order valence-electron chi connectivity index (χ0n) is 9.68. The van der Waals surface area contributed by atoms with Gasteiger partial charge in [-0.2, -0.15) is 5.26 Å². The normalized spacial score (nSPS) is 10.7. The Morgan fingerprint density at radius 1 is 1.42 bits per heavy atom. The van der Waals surface area contributed by atoms with Crippen LogP contribution in [0, 0.1) is 17.1 Å². The highest BCUT2D eigenvalue weighted by Gasteiger charge is 2.15. The summed E-state index contributed by atoms with van der Waals surface area (Å²) in [5, 5.41) is 10.8. The molecular weight excluding hydrogens is 275 g/mol. The molecular formula is C10H11FN4O3S. The van der Waals surface area contributed by atoms with E-state index in [-0.39, 0.29) is 23.5 Å². The molecule has 0 saturated heterocycles. The lowest BCUT2D eigenvalue weighted by Crippen LogP contribution is -2.37. The zero-order valence-corrected chi connectivity index (χ0v) is 10.5. The molecule has 0 unspecified atom stereocenters. The first kappa shape index (κ1) is 14.9. The molecule has 0 aliphatic rings. The first-order chi connectivity index (χ1) is 8.86. The largest absolute Gasteiger partial charge is 0.352 e. The molecule has 2 amide bonds. The number of primary amides is 1. The van der Waals surface area contributed by atoms with Crippen LogP contribution in [0.25, 0.3) is 0 Å². The summed E-state index contributed by atoms with van der Waals surface area (Å²) in [6, 6.07) is 3.65. The number of sulfonamides is 1. The number of carbonyl (C=O) groups excluding carboxylic acids is 1. The third-order valence-electron chi connectivity index (χ3n) is 2.08. The van der Waals surface area contributed by atoms with Crippen molar-refractivity contribution in [2.75, 3.05) is 13.1 Å². The fourth-order valence-electron chi connectivity index (χ4n) is 1.21. The van der Waals surface area contributed by atoms with Gasteiger partial charge in [-0.3, -0.25) is 0 Å². The summed E-state index contributed by atoms with van der Waals surface area (Å²) in [6.45, 7) is -0.0641. The Kier molecular flexibility index (Phi) is 4.80. The van der Waals surface area contributed by atoms with E-state index < -0.39 is 21.9 Å². The number of nitriles is 1. The van der Waals surface area contributed by atoms with Gasteiger partial charge in [0.1, 0.15) is 11.9 Å². The molecule has 0 spiro atoms. The summed E-state index contributed by atoms with van der Waals surface area (Å²) >= 11 is 0. The summed E-state index contributed by atoms with van der Waals surface area (Å²) in [4.78, 5) is 10.1. The van der Waals surface area contributed by atoms with Crippen molar-refractivity contribution >= 4 is 16.1 Å². The number of urea groups is 1. The molecule has 7 nitrogen and oxygen atoms in total. The van der Waals surface area contributed by atoms with E-state index in [0.29, 0.717) is 0 Å². The molecule has 19 heavy (non-hydrogen) atoms. The van der Waals surface area contributed by atoms with Crippen molar-refractivity contribution in [3.05, 3.63) is 29.6 Å². The minimum atomic E-state index is -3.87. The van der Waals surface area contributed by atoms with Crippen molar-refractivity contribution in [3.63, 3.8) is 0 Å². The number of amides is 2. The topological polar surface area (TPSA) is 125 Å². The lowest BCUT2D eigenvalue weighted by Gasteiger charge is -2.07. The van der Waals surface area contributed by atoms with E-state index in [2.05, 4.69) is 10.0 Å². The second-order valence-electron chi connectivity index (χ2n) is 3.44. The van der Waals surface area contributed by atoms with Crippen LogP contribution in [0.1, 0.15) is 5.56 Å². The summed E-state index contributed by atoms with van der Waals surface area (Å²) in [7, 11) is -3.87. The monoisotopic (exact) mass is 286 g/mol. The Morgan fingerprint density at radius 2 is 2.11 bits per heavy atom. The predicted molar refractivity (Wildman–Crippen MR) is 63.9 cm³/mol. The number of benzene rings is 1. The Morgan fingerprint density at radius 3 is 2.68 bits per heavy atom.